The van der Waals surface area contributed by atoms with Crippen molar-refractivity contribution in [1.29, 1.82) is 0 Å². The number of piperidine rings is 2. The van der Waals surface area contributed by atoms with Gasteiger partial charge >= 0.3 is 0 Å². The van der Waals surface area contributed by atoms with Gasteiger partial charge in [-0.3, -0.25) is 4.99 Å². The fourth-order valence-electron chi connectivity index (χ4n) is 7.40. The lowest BCUT2D eigenvalue weighted by Crippen LogP contribution is -2.40. The first kappa shape index (κ1) is 30.8. The van der Waals surface area contributed by atoms with E-state index in [1.165, 1.54) is 44.1 Å². The Kier molecular flexibility index (Phi) is 8.72. The number of nitrogens with zero attached hydrogens (tertiary/aromatic N) is 4. The van der Waals surface area contributed by atoms with Gasteiger partial charge in [-0.25, -0.2) is 4.98 Å². The maximum Gasteiger partial charge on any atom is 0.138 e. The first-order chi connectivity index (χ1) is 23.6. The summed E-state index contributed by atoms with van der Waals surface area (Å²) in [5, 5.41) is 0. The van der Waals surface area contributed by atoms with Crippen molar-refractivity contribution in [3.63, 3.8) is 0 Å². The third kappa shape index (κ3) is 6.62. The van der Waals surface area contributed by atoms with Crippen molar-refractivity contribution in [2.24, 2.45) is 4.99 Å². The second-order valence-electron chi connectivity index (χ2n) is 13.8. The number of likely N-dealkylation sites (tertiary alicyclic amines) is 2. The van der Waals surface area contributed by atoms with Crippen molar-refractivity contribution >= 4 is 22.4 Å². The molecule has 1 aromatic heterocycles. The van der Waals surface area contributed by atoms with Gasteiger partial charge in [0.1, 0.15) is 30.5 Å². The van der Waals surface area contributed by atoms with Crippen LogP contribution in [0.1, 0.15) is 49.7 Å². The Morgan fingerprint density at radius 2 is 1.25 bits per heavy atom. The van der Waals surface area contributed by atoms with Gasteiger partial charge < -0.3 is 24.3 Å². The molecule has 1 N–H and O–H groups in total. The van der Waals surface area contributed by atoms with Crippen molar-refractivity contribution in [3.05, 3.63) is 96.1 Å². The van der Waals surface area contributed by atoms with E-state index >= 15 is 0 Å². The molecule has 0 amide bonds. The second kappa shape index (κ2) is 13.6. The third-order valence-corrected chi connectivity index (χ3v) is 10.6. The summed E-state index contributed by atoms with van der Waals surface area (Å²) in [6, 6.07) is 30.8. The summed E-state index contributed by atoms with van der Waals surface area (Å²) < 4.78 is 12.3. The number of benzene rings is 4. The molecule has 4 aromatic carbocycles. The molecule has 246 valence electrons. The van der Waals surface area contributed by atoms with E-state index in [1.54, 1.807) is 0 Å². The first-order valence-corrected chi connectivity index (χ1v) is 17.6. The molecule has 5 aromatic rings. The number of hydrogen-bond acceptors (Lipinski definition) is 6. The highest BCUT2D eigenvalue weighted by molar-refractivity contribution is 6.07. The molecule has 3 aliphatic heterocycles. The SMILES string of the molecule is CN1CCCCC1COc1ccc(C2=Nc3cc(-c4ccc5nc(-c6ccc(OCC7CCCCN7C)cc6)[nH]c5c4)ccc3C2)cc1. The Balaban J connectivity index is 0.927. The van der Waals surface area contributed by atoms with Gasteiger partial charge in [-0.1, -0.05) is 31.0 Å². The number of aromatic amines is 1. The standard InChI is InChI=1S/C41H45N5O2/c1-45-21-5-3-7-33(45)26-47-35-16-11-28(12-17-35)38-25-32-10-9-30(23-39(32)42-38)31-15-20-37-40(24-31)44-41(43-37)29-13-18-36(19-14-29)48-27-34-8-4-6-22-46(34)2/h9-20,23-24,33-34H,3-8,21-22,25-27H2,1-2H3,(H,43,44). The van der Waals surface area contributed by atoms with Gasteiger partial charge in [0, 0.05) is 24.1 Å². The van der Waals surface area contributed by atoms with E-state index in [1.807, 2.05) is 0 Å². The molecule has 0 aliphatic carbocycles. The smallest absolute Gasteiger partial charge is 0.138 e. The van der Waals surface area contributed by atoms with Gasteiger partial charge in [0.25, 0.3) is 0 Å². The van der Waals surface area contributed by atoms with Crippen LogP contribution in [0.2, 0.25) is 0 Å². The highest BCUT2D eigenvalue weighted by atomic mass is 16.5. The fraction of sp³-hybridized carbons (Fsp3) is 0.366. The zero-order chi connectivity index (χ0) is 32.5. The number of fused-ring (bicyclic) bond motifs is 2. The maximum absolute atomic E-state index is 6.16. The number of H-pyrrole nitrogens is 1. The van der Waals surface area contributed by atoms with Crippen molar-refractivity contribution in [2.75, 3.05) is 40.4 Å². The Hall–Kier alpha value is -4.46. The van der Waals surface area contributed by atoms with Crippen LogP contribution in [-0.2, 0) is 6.42 Å². The number of aliphatic imine (C=N–C) groups is 1. The lowest BCUT2D eigenvalue weighted by atomic mass is 10.00. The van der Waals surface area contributed by atoms with Gasteiger partial charge in [-0.2, -0.15) is 0 Å². The molecule has 0 radical (unpaired) electrons. The number of likely N-dealkylation sites (N-methyl/N-ethyl adjacent to an activating group) is 2. The Morgan fingerprint density at radius 3 is 1.90 bits per heavy atom. The number of nitrogens with one attached hydrogen (secondary N) is 1. The van der Waals surface area contributed by atoms with Gasteiger partial charge in [0.15, 0.2) is 0 Å². The summed E-state index contributed by atoms with van der Waals surface area (Å²) >= 11 is 0. The largest absolute Gasteiger partial charge is 0.492 e. The van der Waals surface area contributed by atoms with Crippen molar-refractivity contribution in [1.82, 2.24) is 19.8 Å². The average Bonchev–Trinajstić information content (AvgIpc) is 3.75. The second-order valence-corrected chi connectivity index (χ2v) is 13.8. The number of ether oxygens (including phenoxy) is 2. The molecule has 7 heteroatoms. The molecular formula is C41H45N5O2. The fourth-order valence-corrected chi connectivity index (χ4v) is 7.40. The molecule has 3 aliphatic rings. The zero-order valence-corrected chi connectivity index (χ0v) is 28.1. The summed E-state index contributed by atoms with van der Waals surface area (Å²) in [6.07, 6.45) is 8.42. The van der Waals surface area contributed by atoms with Crippen LogP contribution < -0.4 is 9.47 Å². The normalized spacial score (nSPS) is 20.1. The maximum atomic E-state index is 6.16. The monoisotopic (exact) mass is 639 g/mol. The first-order valence-electron chi connectivity index (χ1n) is 17.6. The molecule has 2 fully saturated rings. The molecule has 0 bridgehead atoms. The minimum absolute atomic E-state index is 0.499. The van der Waals surface area contributed by atoms with Crippen LogP contribution in [0.5, 0.6) is 11.5 Å². The molecule has 0 saturated carbocycles. The number of rotatable bonds is 9. The highest BCUT2D eigenvalue weighted by Crippen LogP contribution is 2.35. The van der Waals surface area contributed by atoms with Crippen molar-refractivity contribution < 1.29 is 9.47 Å². The topological polar surface area (TPSA) is 66.0 Å². The summed E-state index contributed by atoms with van der Waals surface area (Å²) in [4.78, 5) is 18.3. The summed E-state index contributed by atoms with van der Waals surface area (Å²) in [5.41, 5.74) is 9.88. The molecular weight excluding hydrogens is 594 g/mol. The van der Waals surface area contributed by atoms with Gasteiger partial charge in [-0.15, -0.1) is 0 Å². The Labute approximate surface area is 283 Å². The van der Waals surface area contributed by atoms with Crippen LogP contribution in [0.15, 0.2) is 89.9 Å². The molecule has 8 rings (SSSR count). The number of imidazole rings is 1. The van der Waals surface area contributed by atoms with Crippen molar-refractivity contribution in [2.45, 2.75) is 57.0 Å². The summed E-state index contributed by atoms with van der Waals surface area (Å²) in [6.45, 7) is 3.81. The lowest BCUT2D eigenvalue weighted by Gasteiger charge is -2.32. The van der Waals surface area contributed by atoms with E-state index < -0.39 is 0 Å². The molecule has 0 spiro atoms. The van der Waals surface area contributed by atoms with Crippen LogP contribution in [-0.4, -0.2) is 78.0 Å². The average molecular weight is 640 g/mol. The molecule has 48 heavy (non-hydrogen) atoms. The van der Waals surface area contributed by atoms with E-state index in [9.17, 15) is 0 Å². The molecule has 4 heterocycles. The van der Waals surface area contributed by atoms with Crippen LogP contribution in [0.4, 0.5) is 5.69 Å². The third-order valence-electron chi connectivity index (χ3n) is 10.6. The van der Waals surface area contributed by atoms with Gasteiger partial charge in [0.2, 0.25) is 0 Å². The van der Waals surface area contributed by atoms with Crippen LogP contribution in [0.25, 0.3) is 33.5 Å². The van der Waals surface area contributed by atoms with Crippen molar-refractivity contribution in [3.8, 4) is 34.0 Å². The predicted octanol–water partition coefficient (Wildman–Crippen LogP) is 8.30. The van der Waals surface area contributed by atoms with E-state index in [-0.39, 0.29) is 0 Å². The minimum Gasteiger partial charge on any atom is -0.492 e. The van der Waals surface area contributed by atoms with Gasteiger partial charge in [-0.05, 0) is 142 Å². The number of hydrogen-bond donors (Lipinski definition) is 1. The Bertz CT molecular complexity index is 1910. The number of aromatic nitrogens is 2. The molecule has 7 nitrogen and oxygen atoms in total. The molecule has 2 unspecified atom stereocenters. The highest BCUT2D eigenvalue weighted by Gasteiger charge is 2.21. The van der Waals surface area contributed by atoms with E-state index in [4.69, 9.17) is 19.5 Å². The Morgan fingerprint density at radius 1 is 0.667 bits per heavy atom. The van der Waals surface area contributed by atoms with Crippen LogP contribution in [0, 0.1) is 0 Å². The van der Waals surface area contributed by atoms with E-state index in [2.05, 4.69) is 114 Å². The molecule has 2 saturated heterocycles. The van der Waals surface area contributed by atoms with E-state index in [0.717, 1.165) is 94.7 Å². The summed E-state index contributed by atoms with van der Waals surface area (Å²) in [5.74, 6) is 2.70. The predicted molar refractivity (Wildman–Crippen MR) is 195 cm³/mol. The van der Waals surface area contributed by atoms with E-state index in [0.29, 0.717) is 12.1 Å². The summed E-state index contributed by atoms with van der Waals surface area (Å²) in [7, 11) is 4.41. The lowest BCUT2D eigenvalue weighted by molar-refractivity contribution is 0.125. The van der Waals surface area contributed by atoms with Gasteiger partial charge in [0.05, 0.1) is 22.4 Å². The quantitative estimate of drug-likeness (QED) is 0.176. The zero-order valence-electron chi connectivity index (χ0n) is 28.1. The van der Waals surface area contributed by atoms with Crippen LogP contribution in [0.3, 0.4) is 0 Å². The van der Waals surface area contributed by atoms with Crippen LogP contribution >= 0.6 is 0 Å². The minimum atomic E-state index is 0.499. The molecule has 2 atom stereocenters.